The fourth-order valence-electron chi connectivity index (χ4n) is 2.64. The van der Waals surface area contributed by atoms with Gasteiger partial charge in [-0.2, -0.15) is 5.10 Å². The summed E-state index contributed by atoms with van der Waals surface area (Å²) >= 11 is 0. The first-order chi connectivity index (χ1) is 9.13. The van der Waals surface area contributed by atoms with E-state index in [1.54, 1.807) is 0 Å². The van der Waals surface area contributed by atoms with Crippen LogP contribution in [0.25, 0.3) is 0 Å². The summed E-state index contributed by atoms with van der Waals surface area (Å²) in [6.45, 7) is 7.27. The van der Waals surface area contributed by atoms with Crippen LogP contribution in [0.5, 0.6) is 0 Å². The molecule has 0 bridgehead atoms. The molecule has 1 aromatic heterocycles. The fourth-order valence-corrected chi connectivity index (χ4v) is 2.64. The number of nitrogens with one attached hydrogen (secondary N) is 1. The minimum atomic E-state index is 0.241. The Kier molecular flexibility index (Phi) is 4.96. The molecule has 1 aliphatic rings. The molecular weight excluding hydrogens is 240 g/mol. The molecule has 0 saturated carbocycles. The summed E-state index contributed by atoms with van der Waals surface area (Å²) in [5, 5.41) is 4.64. The molecule has 1 saturated heterocycles. The van der Waals surface area contributed by atoms with Gasteiger partial charge in [-0.3, -0.25) is 16.0 Å². The zero-order chi connectivity index (χ0) is 13.8. The van der Waals surface area contributed by atoms with Crippen LogP contribution in [0.15, 0.2) is 12.3 Å². The van der Waals surface area contributed by atoms with Crippen LogP contribution in [-0.4, -0.2) is 28.5 Å². The van der Waals surface area contributed by atoms with Gasteiger partial charge in [-0.25, -0.2) is 0 Å². The largest absolute Gasteiger partial charge is 0.378 e. The normalized spacial score (nSPS) is 26.5. The fraction of sp³-hybridized carbons (Fsp3) is 0.786. The SMILES string of the molecule is CCC(C)n1ccc(CC(NN)C2COC(C)C2)n1. The highest BCUT2D eigenvalue weighted by Gasteiger charge is 2.29. The maximum atomic E-state index is 5.70. The first-order valence-corrected chi connectivity index (χ1v) is 7.25. The number of nitrogens with two attached hydrogens (primary N) is 1. The highest BCUT2D eigenvalue weighted by Crippen LogP contribution is 2.24. The van der Waals surface area contributed by atoms with Crippen LogP contribution in [0, 0.1) is 5.92 Å². The van der Waals surface area contributed by atoms with Crippen LogP contribution < -0.4 is 11.3 Å². The van der Waals surface area contributed by atoms with Gasteiger partial charge in [0.05, 0.1) is 18.4 Å². The Hall–Kier alpha value is -0.910. The first kappa shape index (κ1) is 14.5. The molecule has 0 aliphatic carbocycles. The number of rotatable bonds is 6. The molecule has 2 rings (SSSR count). The van der Waals surface area contributed by atoms with Crippen molar-refractivity contribution in [2.45, 2.75) is 58.2 Å². The van der Waals surface area contributed by atoms with E-state index in [4.69, 9.17) is 10.6 Å². The van der Waals surface area contributed by atoms with E-state index in [2.05, 4.69) is 43.6 Å². The minimum absolute atomic E-state index is 0.241. The maximum Gasteiger partial charge on any atom is 0.0640 e. The highest BCUT2D eigenvalue weighted by atomic mass is 16.5. The highest BCUT2D eigenvalue weighted by molar-refractivity contribution is 5.03. The van der Waals surface area contributed by atoms with Crippen molar-refractivity contribution in [3.63, 3.8) is 0 Å². The van der Waals surface area contributed by atoms with E-state index in [0.29, 0.717) is 18.1 Å². The van der Waals surface area contributed by atoms with Gasteiger partial charge < -0.3 is 4.74 Å². The molecular formula is C14H26N4O. The number of nitrogens with zero attached hydrogens (tertiary/aromatic N) is 2. The number of hydrogen-bond acceptors (Lipinski definition) is 4. The van der Waals surface area contributed by atoms with Crippen molar-refractivity contribution in [2.24, 2.45) is 11.8 Å². The van der Waals surface area contributed by atoms with Crippen molar-refractivity contribution in [1.82, 2.24) is 15.2 Å². The lowest BCUT2D eigenvalue weighted by atomic mass is 9.94. The molecule has 0 spiro atoms. The van der Waals surface area contributed by atoms with Gasteiger partial charge >= 0.3 is 0 Å². The van der Waals surface area contributed by atoms with Crippen molar-refractivity contribution in [2.75, 3.05) is 6.61 Å². The van der Waals surface area contributed by atoms with Crippen molar-refractivity contribution in [1.29, 1.82) is 0 Å². The second kappa shape index (κ2) is 6.50. The third kappa shape index (κ3) is 3.55. The second-order valence-electron chi connectivity index (χ2n) is 5.66. The van der Waals surface area contributed by atoms with Gasteiger partial charge in [0.25, 0.3) is 0 Å². The van der Waals surface area contributed by atoms with E-state index in [1.165, 1.54) is 0 Å². The summed E-state index contributed by atoms with van der Waals surface area (Å²) in [4.78, 5) is 0. The van der Waals surface area contributed by atoms with Gasteiger partial charge in [-0.15, -0.1) is 0 Å². The summed E-state index contributed by atoms with van der Waals surface area (Å²) in [5.41, 5.74) is 4.04. The summed E-state index contributed by atoms with van der Waals surface area (Å²) in [7, 11) is 0. The Morgan fingerprint density at radius 2 is 2.42 bits per heavy atom. The molecule has 108 valence electrons. The van der Waals surface area contributed by atoms with Crippen LogP contribution in [0.1, 0.15) is 45.3 Å². The lowest BCUT2D eigenvalue weighted by Crippen LogP contribution is -2.43. The zero-order valence-corrected chi connectivity index (χ0v) is 12.2. The molecule has 0 amide bonds. The monoisotopic (exact) mass is 266 g/mol. The summed E-state index contributed by atoms with van der Waals surface area (Å²) in [5.74, 6) is 6.18. The Morgan fingerprint density at radius 1 is 1.63 bits per heavy atom. The average Bonchev–Trinajstić information content (AvgIpc) is 3.04. The molecule has 2 heterocycles. The third-order valence-electron chi connectivity index (χ3n) is 4.15. The number of hydrazine groups is 1. The van der Waals surface area contributed by atoms with Crippen LogP contribution in [-0.2, 0) is 11.2 Å². The quantitative estimate of drug-likeness (QED) is 0.607. The van der Waals surface area contributed by atoms with Gasteiger partial charge in [0, 0.05) is 30.6 Å². The smallest absolute Gasteiger partial charge is 0.0640 e. The Morgan fingerprint density at radius 3 is 3.00 bits per heavy atom. The molecule has 0 aromatic carbocycles. The predicted molar refractivity (Wildman–Crippen MR) is 75.6 cm³/mol. The molecule has 0 radical (unpaired) electrons. The molecule has 4 atom stereocenters. The van der Waals surface area contributed by atoms with E-state index >= 15 is 0 Å². The molecule has 3 N–H and O–H groups in total. The summed E-state index contributed by atoms with van der Waals surface area (Å²) < 4.78 is 7.66. The predicted octanol–water partition coefficient (Wildman–Crippen LogP) is 1.65. The molecule has 19 heavy (non-hydrogen) atoms. The van der Waals surface area contributed by atoms with E-state index < -0.39 is 0 Å². The maximum absolute atomic E-state index is 5.70. The second-order valence-corrected chi connectivity index (χ2v) is 5.66. The van der Waals surface area contributed by atoms with E-state index in [1.807, 2.05) is 4.68 Å². The molecule has 5 heteroatoms. The average molecular weight is 266 g/mol. The van der Waals surface area contributed by atoms with Gasteiger partial charge in [-0.1, -0.05) is 6.92 Å². The molecule has 1 aliphatic heterocycles. The van der Waals surface area contributed by atoms with Gasteiger partial charge in [0.2, 0.25) is 0 Å². The van der Waals surface area contributed by atoms with Gasteiger partial charge in [0.15, 0.2) is 0 Å². The van der Waals surface area contributed by atoms with Crippen molar-refractivity contribution in [3.8, 4) is 0 Å². The lowest BCUT2D eigenvalue weighted by Gasteiger charge is -2.20. The lowest BCUT2D eigenvalue weighted by molar-refractivity contribution is 0.116. The zero-order valence-electron chi connectivity index (χ0n) is 12.2. The van der Waals surface area contributed by atoms with Crippen LogP contribution in [0.3, 0.4) is 0 Å². The Bertz CT molecular complexity index is 393. The first-order valence-electron chi connectivity index (χ1n) is 7.25. The van der Waals surface area contributed by atoms with Crippen LogP contribution >= 0.6 is 0 Å². The van der Waals surface area contributed by atoms with E-state index in [9.17, 15) is 0 Å². The summed E-state index contributed by atoms with van der Waals surface area (Å²) in [6, 6.07) is 2.79. The van der Waals surface area contributed by atoms with Crippen molar-refractivity contribution >= 4 is 0 Å². The third-order valence-corrected chi connectivity index (χ3v) is 4.15. The van der Waals surface area contributed by atoms with Crippen molar-refractivity contribution < 1.29 is 4.74 Å². The Labute approximate surface area is 115 Å². The van der Waals surface area contributed by atoms with Crippen molar-refractivity contribution in [3.05, 3.63) is 18.0 Å². The molecule has 5 nitrogen and oxygen atoms in total. The number of ether oxygens (including phenoxy) is 1. The number of hydrogen-bond donors (Lipinski definition) is 2. The molecule has 1 aromatic rings. The van der Waals surface area contributed by atoms with Gasteiger partial charge in [-0.05, 0) is 32.8 Å². The minimum Gasteiger partial charge on any atom is -0.378 e. The molecule has 4 unspecified atom stereocenters. The Balaban J connectivity index is 1.96. The standard InChI is InChI=1S/C14H26N4O/c1-4-10(2)18-6-5-13(17-18)8-14(16-15)12-7-11(3)19-9-12/h5-6,10-12,14,16H,4,7-9,15H2,1-3H3. The number of aromatic nitrogens is 2. The van der Waals surface area contributed by atoms with E-state index in [-0.39, 0.29) is 6.04 Å². The van der Waals surface area contributed by atoms with Crippen LogP contribution in [0.2, 0.25) is 0 Å². The molecule has 1 fully saturated rings. The van der Waals surface area contributed by atoms with Crippen LogP contribution in [0.4, 0.5) is 0 Å². The topological polar surface area (TPSA) is 65.1 Å². The van der Waals surface area contributed by atoms with E-state index in [0.717, 1.165) is 31.6 Å². The summed E-state index contributed by atoms with van der Waals surface area (Å²) in [6.07, 6.45) is 5.43. The van der Waals surface area contributed by atoms with Gasteiger partial charge in [0.1, 0.15) is 0 Å².